The van der Waals surface area contributed by atoms with Crippen molar-refractivity contribution in [1.29, 1.82) is 0 Å². The van der Waals surface area contributed by atoms with E-state index in [1.807, 2.05) is 0 Å². The van der Waals surface area contributed by atoms with Crippen molar-refractivity contribution in [3.63, 3.8) is 0 Å². The zero-order valence-corrected chi connectivity index (χ0v) is 12.8. The monoisotopic (exact) mass is 283 g/mol. The molecule has 6 heteroatoms. The predicted octanol–water partition coefficient (Wildman–Crippen LogP) is 1.35. The van der Waals surface area contributed by atoms with Gasteiger partial charge in [-0.2, -0.15) is 4.37 Å². The number of nitrogens with zero attached hydrogens (tertiary/aromatic N) is 4. The number of hydrogen-bond donors (Lipinski definition) is 1. The molecule has 2 rings (SSSR count). The molecule has 0 spiro atoms. The number of nitrogens with two attached hydrogens (primary N) is 1. The Kier molecular flexibility index (Phi) is 5.54. The standard InChI is InChI=1S/C13H25N5S/c1-3-11(5-6-14)17-7-9-18(10-8-17)13-15-12(4-2)16-19-13/h11H,3-10,14H2,1-2H3. The van der Waals surface area contributed by atoms with Crippen molar-refractivity contribution in [2.45, 2.75) is 39.2 Å². The van der Waals surface area contributed by atoms with Crippen molar-refractivity contribution in [2.24, 2.45) is 5.73 Å². The van der Waals surface area contributed by atoms with Crippen molar-refractivity contribution in [3.05, 3.63) is 5.82 Å². The maximum Gasteiger partial charge on any atom is 0.205 e. The minimum atomic E-state index is 0.646. The predicted molar refractivity (Wildman–Crippen MR) is 80.8 cm³/mol. The van der Waals surface area contributed by atoms with Gasteiger partial charge in [0.1, 0.15) is 5.82 Å². The van der Waals surface area contributed by atoms with Crippen LogP contribution in [0.5, 0.6) is 0 Å². The van der Waals surface area contributed by atoms with Crippen LogP contribution in [0.25, 0.3) is 0 Å². The lowest BCUT2D eigenvalue weighted by Gasteiger charge is -2.38. The van der Waals surface area contributed by atoms with Crippen molar-refractivity contribution >= 4 is 16.7 Å². The molecule has 0 aromatic carbocycles. The molecule has 1 atom stereocenters. The minimum absolute atomic E-state index is 0.646. The van der Waals surface area contributed by atoms with Crippen LogP contribution in [0, 0.1) is 0 Å². The average molecular weight is 283 g/mol. The van der Waals surface area contributed by atoms with Crippen LogP contribution in [-0.2, 0) is 6.42 Å². The van der Waals surface area contributed by atoms with Gasteiger partial charge in [-0.25, -0.2) is 4.98 Å². The molecular weight excluding hydrogens is 258 g/mol. The van der Waals surface area contributed by atoms with Gasteiger partial charge >= 0.3 is 0 Å². The molecule has 1 saturated heterocycles. The van der Waals surface area contributed by atoms with Gasteiger partial charge in [0.05, 0.1) is 0 Å². The average Bonchev–Trinajstić information content (AvgIpc) is 2.94. The third-order valence-electron chi connectivity index (χ3n) is 3.85. The van der Waals surface area contributed by atoms with E-state index < -0.39 is 0 Å². The fourth-order valence-corrected chi connectivity index (χ4v) is 3.43. The highest BCUT2D eigenvalue weighted by Gasteiger charge is 2.23. The van der Waals surface area contributed by atoms with Crippen LogP contribution in [0.3, 0.4) is 0 Å². The van der Waals surface area contributed by atoms with Crippen LogP contribution in [0.15, 0.2) is 0 Å². The Morgan fingerprint density at radius 1 is 1.26 bits per heavy atom. The molecule has 0 bridgehead atoms. The summed E-state index contributed by atoms with van der Waals surface area (Å²) >= 11 is 1.53. The maximum absolute atomic E-state index is 5.69. The van der Waals surface area contributed by atoms with Crippen LogP contribution in [-0.4, -0.2) is 53.0 Å². The summed E-state index contributed by atoms with van der Waals surface area (Å²) in [4.78, 5) is 9.51. The van der Waals surface area contributed by atoms with Crippen LogP contribution in [0.4, 0.5) is 5.13 Å². The second kappa shape index (κ2) is 7.17. The fraction of sp³-hybridized carbons (Fsp3) is 0.846. The molecule has 108 valence electrons. The second-order valence-corrected chi connectivity index (χ2v) is 5.74. The lowest BCUT2D eigenvalue weighted by atomic mass is 10.1. The van der Waals surface area contributed by atoms with Crippen LogP contribution < -0.4 is 10.6 Å². The summed E-state index contributed by atoms with van der Waals surface area (Å²) in [5.74, 6) is 0.969. The second-order valence-electron chi connectivity index (χ2n) is 5.01. The summed E-state index contributed by atoms with van der Waals surface area (Å²) in [5, 5.41) is 1.09. The molecule has 2 N–H and O–H groups in total. The summed E-state index contributed by atoms with van der Waals surface area (Å²) in [6.07, 6.45) is 3.22. The molecule has 0 amide bonds. The number of aryl methyl sites for hydroxylation is 1. The van der Waals surface area contributed by atoms with Gasteiger partial charge in [0.25, 0.3) is 0 Å². The molecule has 1 fully saturated rings. The van der Waals surface area contributed by atoms with Gasteiger partial charge in [0, 0.05) is 50.2 Å². The van der Waals surface area contributed by atoms with Crippen molar-refractivity contribution in [1.82, 2.24) is 14.3 Å². The summed E-state index contributed by atoms with van der Waals surface area (Å²) in [7, 11) is 0. The third kappa shape index (κ3) is 3.64. The van der Waals surface area contributed by atoms with E-state index in [2.05, 4.69) is 33.0 Å². The zero-order valence-electron chi connectivity index (χ0n) is 12.0. The largest absolute Gasteiger partial charge is 0.344 e. The van der Waals surface area contributed by atoms with Crippen molar-refractivity contribution < 1.29 is 0 Å². The number of aromatic nitrogens is 2. The van der Waals surface area contributed by atoms with E-state index in [4.69, 9.17) is 5.73 Å². The van der Waals surface area contributed by atoms with Gasteiger partial charge in [-0.15, -0.1) is 0 Å². The van der Waals surface area contributed by atoms with Crippen molar-refractivity contribution in [3.8, 4) is 0 Å². The van der Waals surface area contributed by atoms with E-state index in [-0.39, 0.29) is 0 Å². The number of anilines is 1. The SMILES string of the molecule is CCc1nsc(N2CCN(C(CC)CCN)CC2)n1. The van der Waals surface area contributed by atoms with Crippen LogP contribution in [0.1, 0.15) is 32.5 Å². The highest BCUT2D eigenvalue weighted by Crippen LogP contribution is 2.20. The minimum Gasteiger partial charge on any atom is -0.344 e. The molecule has 1 aliphatic heterocycles. The van der Waals surface area contributed by atoms with E-state index >= 15 is 0 Å². The molecule has 0 saturated carbocycles. The Labute approximate surface area is 120 Å². The lowest BCUT2D eigenvalue weighted by molar-refractivity contribution is 0.173. The first-order chi connectivity index (χ1) is 9.28. The Hall–Kier alpha value is -0.720. The summed E-state index contributed by atoms with van der Waals surface area (Å²) in [6, 6.07) is 0.646. The van der Waals surface area contributed by atoms with Gasteiger partial charge in [-0.3, -0.25) is 4.90 Å². The zero-order chi connectivity index (χ0) is 13.7. The summed E-state index contributed by atoms with van der Waals surface area (Å²) in [6.45, 7) is 9.47. The van der Waals surface area contributed by atoms with Gasteiger partial charge < -0.3 is 10.6 Å². The maximum atomic E-state index is 5.69. The summed E-state index contributed by atoms with van der Waals surface area (Å²) < 4.78 is 4.37. The van der Waals surface area contributed by atoms with Gasteiger partial charge in [0.15, 0.2) is 0 Å². The first-order valence-electron chi connectivity index (χ1n) is 7.30. The quantitative estimate of drug-likeness (QED) is 0.854. The first-order valence-corrected chi connectivity index (χ1v) is 8.07. The molecule has 0 aliphatic carbocycles. The molecule has 1 aromatic rings. The normalized spacial score (nSPS) is 18.8. The lowest BCUT2D eigenvalue weighted by Crippen LogP contribution is -2.50. The van der Waals surface area contributed by atoms with E-state index in [1.54, 1.807) is 0 Å². The van der Waals surface area contributed by atoms with Gasteiger partial charge in [-0.05, 0) is 19.4 Å². The highest BCUT2D eigenvalue weighted by atomic mass is 32.1. The van der Waals surface area contributed by atoms with Gasteiger partial charge in [0.2, 0.25) is 5.13 Å². The molecule has 1 unspecified atom stereocenters. The molecule has 0 radical (unpaired) electrons. The fourth-order valence-electron chi connectivity index (χ4n) is 2.63. The number of rotatable bonds is 6. The molecule has 1 aromatic heterocycles. The Morgan fingerprint density at radius 3 is 2.53 bits per heavy atom. The Morgan fingerprint density at radius 2 is 2.00 bits per heavy atom. The number of hydrogen-bond acceptors (Lipinski definition) is 6. The van der Waals surface area contributed by atoms with E-state index in [1.165, 1.54) is 18.0 Å². The van der Waals surface area contributed by atoms with E-state index in [9.17, 15) is 0 Å². The van der Waals surface area contributed by atoms with Crippen molar-refractivity contribution in [2.75, 3.05) is 37.6 Å². The smallest absolute Gasteiger partial charge is 0.205 e. The molecule has 1 aliphatic rings. The Bertz CT molecular complexity index is 373. The molecular formula is C13H25N5S. The topological polar surface area (TPSA) is 58.3 Å². The Balaban J connectivity index is 1.87. The molecule has 2 heterocycles. The van der Waals surface area contributed by atoms with E-state index in [0.29, 0.717) is 6.04 Å². The molecule has 19 heavy (non-hydrogen) atoms. The van der Waals surface area contributed by atoms with E-state index in [0.717, 1.165) is 56.5 Å². The first kappa shape index (κ1) is 14.7. The molecule has 5 nitrogen and oxygen atoms in total. The van der Waals surface area contributed by atoms with Gasteiger partial charge in [-0.1, -0.05) is 13.8 Å². The highest BCUT2D eigenvalue weighted by molar-refractivity contribution is 7.09. The third-order valence-corrected chi connectivity index (χ3v) is 4.66. The number of piperazine rings is 1. The summed E-state index contributed by atoms with van der Waals surface area (Å²) in [5.41, 5.74) is 5.69. The van der Waals surface area contributed by atoms with Crippen LogP contribution in [0.2, 0.25) is 0 Å². The van der Waals surface area contributed by atoms with Crippen LogP contribution >= 0.6 is 11.5 Å².